The first-order chi connectivity index (χ1) is 10.9. The number of urea groups is 1. The maximum absolute atomic E-state index is 12.5. The highest BCUT2D eigenvalue weighted by Gasteiger charge is 2.31. The molecule has 0 aromatic carbocycles. The number of nitrogens with zero attached hydrogens (tertiary/aromatic N) is 3. The molecule has 1 aliphatic carbocycles. The van der Waals surface area contributed by atoms with Gasteiger partial charge in [0.25, 0.3) is 0 Å². The predicted molar refractivity (Wildman–Crippen MR) is 93.9 cm³/mol. The average Bonchev–Trinajstić information content (AvgIpc) is 3.18. The summed E-state index contributed by atoms with van der Waals surface area (Å²) in [5.41, 5.74) is 0.935. The van der Waals surface area contributed by atoms with E-state index in [1.165, 1.54) is 22.6 Å². The molecule has 1 aliphatic rings. The highest BCUT2D eigenvalue weighted by atomic mass is 32.1. The van der Waals surface area contributed by atoms with E-state index in [0.717, 1.165) is 11.5 Å². The molecular weight excluding hydrogens is 308 g/mol. The number of hydrogen-bond donors (Lipinski definition) is 1. The van der Waals surface area contributed by atoms with Gasteiger partial charge in [0, 0.05) is 22.9 Å². The van der Waals surface area contributed by atoms with Gasteiger partial charge in [0.2, 0.25) is 0 Å². The fourth-order valence-corrected chi connectivity index (χ4v) is 3.72. The molecule has 0 bridgehead atoms. The van der Waals surface area contributed by atoms with Crippen LogP contribution < -0.4 is 5.32 Å². The smallest absolute Gasteiger partial charge is 0.322 e. The van der Waals surface area contributed by atoms with Gasteiger partial charge in [-0.2, -0.15) is 5.10 Å². The van der Waals surface area contributed by atoms with Crippen LogP contribution in [0.2, 0.25) is 0 Å². The van der Waals surface area contributed by atoms with Crippen molar-refractivity contribution in [1.29, 1.82) is 0 Å². The standard InChI is InChI=1S/C17H24N4OS/c1-11-9-16(21(19-11)13(3)14-6-7-14)18-17(22)20(4)10-15-8-5-12(2)23-15/h5,8-9,13-14H,6-7,10H2,1-4H3,(H,18,22). The number of nitrogens with one attached hydrogen (secondary N) is 1. The Morgan fingerprint density at radius 2 is 2.22 bits per heavy atom. The fourth-order valence-electron chi connectivity index (χ4n) is 2.78. The van der Waals surface area contributed by atoms with Gasteiger partial charge >= 0.3 is 6.03 Å². The predicted octanol–water partition coefficient (Wildman–Crippen LogP) is 4.20. The number of hydrogen-bond acceptors (Lipinski definition) is 3. The maximum atomic E-state index is 12.5. The second-order valence-electron chi connectivity index (χ2n) is 6.49. The van der Waals surface area contributed by atoms with Crippen molar-refractivity contribution in [2.45, 2.75) is 46.2 Å². The van der Waals surface area contributed by atoms with Crippen LogP contribution in [-0.4, -0.2) is 27.8 Å². The summed E-state index contributed by atoms with van der Waals surface area (Å²) in [7, 11) is 1.82. The van der Waals surface area contributed by atoms with Crippen molar-refractivity contribution in [3.05, 3.63) is 33.6 Å². The van der Waals surface area contributed by atoms with Gasteiger partial charge in [0.1, 0.15) is 5.82 Å². The van der Waals surface area contributed by atoms with Gasteiger partial charge in [-0.05, 0) is 51.7 Å². The van der Waals surface area contributed by atoms with Gasteiger partial charge in [0.15, 0.2) is 0 Å². The van der Waals surface area contributed by atoms with Gasteiger partial charge in [0.05, 0.1) is 18.3 Å². The summed E-state index contributed by atoms with van der Waals surface area (Å²) in [5.74, 6) is 1.48. The van der Waals surface area contributed by atoms with Gasteiger partial charge in [-0.1, -0.05) is 0 Å². The largest absolute Gasteiger partial charge is 0.323 e. The Morgan fingerprint density at radius 1 is 1.48 bits per heavy atom. The monoisotopic (exact) mass is 332 g/mol. The fraction of sp³-hybridized carbons (Fsp3) is 0.529. The molecule has 2 aromatic rings. The summed E-state index contributed by atoms with van der Waals surface area (Å²) in [6.07, 6.45) is 2.51. The van der Waals surface area contributed by atoms with E-state index in [9.17, 15) is 4.79 Å². The van der Waals surface area contributed by atoms with E-state index in [-0.39, 0.29) is 6.03 Å². The molecule has 0 aliphatic heterocycles. The number of anilines is 1. The van der Waals surface area contributed by atoms with Crippen LogP contribution in [0.25, 0.3) is 0 Å². The lowest BCUT2D eigenvalue weighted by Crippen LogP contribution is -2.31. The molecule has 0 saturated heterocycles. The minimum absolute atomic E-state index is 0.0970. The molecule has 3 rings (SSSR count). The quantitative estimate of drug-likeness (QED) is 0.892. The van der Waals surface area contributed by atoms with Crippen molar-refractivity contribution >= 4 is 23.2 Å². The van der Waals surface area contributed by atoms with Gasteiger partial charge in [-0.3, -0.25) is 5.32 Å². The Bertz CT molecular complexity index is 701. The second kappa shape index (κ2) is 6.35. The lowest BCUT2D eigenvalue weighted by Gasteiger charge is -2.19. The third kappa shape index (κ3) is 3.75. The Morgan fingerprint density at radius 3 is 2.83 bits per heavy atom. The van der Waals surface area contributed by atoms with Crippen LogP contribution in [0.3, 0.4) is 0 Å². The summed E-state index contributed by atoms with van der Waals surface area (Å²) in [4.78, 5) is 16.6. The SMILES string of the molecule is Cc1cc(NC(=O)N(C)Cc2ccc(C)s2)n(C(C)C2CC2)n1. The van der Waals surface area contributed by atoms with Crippen molar-refractivity contribution in [3.8, 4) is 0 Å². The molecule has 1 fully saturated rings. The first-order valence-electron chi connectivity index (χ1n) is 8.07. The van der Waals surface area contributed by atoms with Crippen LogP contribution in [0.5, 0.6) is 0 Å². The zero-order valence-corrected chi connectivity index (χ0v) is 15.0. The minimum Gasteiger partial charge on any atom is -0.322 e. The Hall–Kier alpha value is -1.82. The molecule has 2 amide bonds. The number of carbonyl (C=O) groups excluding carboxylic acids is 1. The summed E-state index contributed by atoms with van der Waals surface area (Å²) in [6.45, 7) is 6.84. The minimum atomic E-state index is -0.0970. The highest BCUT2D eigenvalue weighted by Crippen LogP contribution is 2.40. The van der Waals surface area contributed by atoms with E-state index >= 15 is 0 Å². The van der Waals surface area contributed by atoms with Crippen molar-refractivity contribution < 1.29 is 4.79 Å². The third-order valence-corrected chi connectivity index (χ3v) is 5.30. The van der Waals surface area contributed by atoms with Gasteiger partial charge in [-0.15, -0.1) is 11.3 Å². The lowest BCUT2D eigenvalue weighted by molar-refractivity contribution is 0.220. The molecule has 1 N–H and O–H groups in total. The molecule has 2 heterocycles. The Kier molecular flexibility index (Phi) is 4.43. The maximum Gasteiger partial charge on any atom is 0.323 e. The van der Waals surface area contributed by atoms with E-state index in [1.54, 1.807) is 16.2 Å². The van der Waals surface area contributed by atoms with E-state index in [2.05, 4.69) is 36.4 Å². The van der Waals surface area contributed by atoms with Crippen LogP contribution in [0.4, 0.5) is 10.6 Å². The van der Waals surface area contributed by atoms with Gasteiger partial charge < -0.3 is 4.90 Å². The normalized spacial score (nSPS) is 15.5. The van der Waals surface area contributed by atoms with E-state index in [0.29, 0.717) is 18.5 Å². The third-order valence-electron chi connectivity index (χ3n) is 4.32. The molecule has 1 saturated carbocycles. The number of rotatable bonds is 5. The van der Waals surface area contributed by atoms with Gasteiger partial charge in [-0.25, -0.2) is 9.48 Å². The van der Waals surface area contributed by atoms with Crippen LogP contribution in [-0.2, 0) is 6.54 Å². The van der Waals surface area contributed by atoms with E-state index in [4.69, 9.17) is 0 Å². The molecule has 0 spiro atoms. The van der Waals surface area contributed by atoms with Crippen LogP contribution in [0.15, 0.2) is 18.2 Å². The Balaban J connectivity index is 1.67. The van der Waals surface area contributed by atoms with E-state index in [1.807, 2.05) is 24.7 Å². The first kappa shape index (κ1) is 16.1. The number of aryl methyl sites for hydroxylation is 2. The van der Waals surface area contributed by atoms with Crippen molar-refractivity contribution in [2.75, 3.05) is 12.4 Å². The van der Waals surface area contributed by atoms with Crippen LogP contribution >= 0.6 is 11.3 Å². The zero-order valence-electron chi connectivity index (χ0n) is 14.2. The van der Waals surface area contributed by atoms with Crippen LogP contribution in [0.1, 0.15) is 41.3 Å². The molecule has 2 aromatic heterocycles. The van der Waals surface area contributed by atoms with Crippen molar-refractivity contribution in [2.24, 2.45) is 5.92 Å². The summed E-state index contributed by atoms with van der Waals surface area (Å²) in [5, 5.41) is 7.57. The molecule has 5 nitrogen and oxygen atoms in total. The topological polar surface area (TPSA) is 50.2 Å². The molecular formula is C17H24N4OS. The summed E-state index contributed by atoms with van der Waals surface area (Å²) in [6, 6.07) is 6.35. The van der Waals surface area contributed by atoms with E-state index < -0.39 is 0 Å². The zero-order chi connectivity index (χ0) is 16.6. The number of thiophene rings is 1. The molecule has 0 radical (unpaired) electrons. The summed E-state index contributed by atoms with van der Waals surface area (Å²) < 4.78 is 1.97. The lowest BCUT2D eigenvalue weighted by atomic mass is 10.2. The average molecular weight is 332 g/mol. The molecule has 1 atom stereocenters. The van der Waals surface area contributed by atoms with Crippen molar-refractivity contribution in [1.82, 2.24) is 14.7 Å². The number of carbonyl (C=O) groups is 1. The number of aromatic nitrogens is 2. The Labute approximate surface area is 141 Å². The second-order valence-corrected chi connectivity index (χ2v) is 7.86. The number of amides is 2. The van der Waals surface area contributed by atoms with Crippen LogP contribution in [0, 0.1) is 19.8 Å². The molecule has 6 heteroatoms. The molecule has 23 heavy (non-hydrogen) atoms. The molecule has 1 unspecified atom stereocenters. The molecule has 124 valence electrons. The first-order valence-corrected chi connectivity index (χ1v) is 8.89. The van der Waals surface area contributed by atoms with Crippen molar-refractivity contribution in [3.63, 3.8) is 0 Å². The highest BCUT2D eigenvalue weighted by molar-refractivity contribution is 7.11. The summed E-state index contributed by atoms with van der Waals surface area (Å²) >= 11 is 1.72.